The lowest BCUT2D eigenvalue weighted by molar-refractivity contribution is 0.220. The maximum Gasteiger partial charge on any atom is 0.323 e. The molecule has 0 aliphatic heterocycles. The number of benzene rings is 2. The van der Waals surface area contributed by atoms with Gasteiger partial charge in [0.25, 0.3) is 0 Å². The largest absolute Gasteiger partial charge is 0.384 e. The smallest absolute Gasteiger partial charge is 0.323 e. The number of rotatable bonds is 2. The van der Waals surface area contributed by atoms with Crippen LogP contribution in [-0.4, -0.2) is 15.1 Å². The van der Waals surface area contributed by atoms with Crippen molar-refractivity contribution in [1.82, 2.24) is 9.97 Å². The Morgan fingerprint density at radius 3 is 2.60 bits per heavy atom. The van der Waals surface area contributed by atoms with Crippen LogP contribution in [0.25, 0.3) is 11.0 Å². The number of hydrogen-bond donors (Lipinski definition) is 3. The predicted molar refractivity (Wildman–Crippen MR) is 74.4 cm³/mol. The van der Waals surface area contributed by atoms with Crippen LogP contribution in [0.5, 0.6) is 0 Å². The minimum absolute atomic E-state index is 0.153. The highest BCUT2D eigenvalue weighted by atomic mass is 35.5. The van der Waals surface area contributed by atoms with Gasteiger partial charge in [-0.2, -0.15) is 0 Å². The zero-order valence-electron chi connectivity index (χ0n) is 10.2. The van der Waals surface area contributed by atoms with E-state index in [4.69, 9.17) is 11.6 Å². The molecule has 1 atom stereocenters. The fourth-order valence-corrected chi connectivity index (χ4v) is 2.39. The lowest BCUT2D eigenvalue weighted by Gasteiger charge is -2.13. The zero-order valence-corrected chi connectivity index (χ0v) is 10.9. The van der Waals surface area contributed by atoms with Crippen LogP contribution in [0.4, 0.5) is 4.39 Å². The summed E-state index contributed by atoms with van der Waals surface area (Å²) in [5.41, 5.74) is 1.89. The highest BCUT2D eigenvalue weighted by Gasteiger charge is 2.15. The number of H-pyrrole nitrogens is 2. The van der Waals surface area contributed by atoms with Crippen LogP contribution >= 0.6 is 11.6 Å². The molecule has 1 unspecified atom stereocenters. The van der Waals surface area contributed by atoms with Gasteiger partial charge in [-0.15, -0.1) is 0 Å². The Balaban J connectivity index is 2.06. The normalized spacial score (nSPS) is 12.8. The van der Waals surface area contributed by atoms with Gasteiger partial charge in [0.05, 0.1) is 11.0 Å². The molecule has 4 nitrogen and oxygen atoms in total. The van der Waals surface area contributed by atoms with Gasteiger partial charge in [-0.3, -0.25) is 0 Å². The highest BCUT2D eigenvalue weighted by Crippen LogP contribution is 2.29. The van der Waals surface area contributed by atoms with E-state index >= 15 is 0 Å². The third-order valence-electron chi connectivity index (χ3n) is 3.11. The molecule has 1 heterocycles. The lowest BCUT2D eigenvalue weighted by atomic mass is 10.0. The molecule has 3 rings (SSSR count). The van der Waals surface area contributed by atoms with Crippen molar-refractivity contribution < 1.29 is 9.50 Å². The summed E-state index contributed by atoms with van der Waals surface area (Å²) in [5.74, 6) is -0.462. The van der Waals surface area contributed by atoms with Gasteiger partial charge in [-0.25, -0.2) is 9.18 Å². The molecule has 1 aromatic heterocycles. The van der Waals surface area contributed by atoms with E-state index in [-0.39, 0.29) is 10.7 Å². The summed E-state index contributed by atoms with van der Waals surface area (Å²) in [4.78, 5) is 16.4. The molecule has 0 aliphatic carbocycles. The molecular formula is C14H10ClFN2O2. The average molecular weight is 293 g/mol. The van der Waals surface area contributed by atoms with Crippen LogP contribution < -0.4 is 5.69 Å². The van der Waals surface area contributed by atoms with E-state index in [1.54, 1.807) is 18.2 Å². The molecule has 0 radical (unpaired) electrons. The van der Waals surface area contributed by atoms with Gasteiger partial charge < -0.3 is 15.1 Å². The SMILES string of the molecule is O=c1[nH]c2ccc(C(O)c3ccc(F)cc3Cl)cc2[nH]1. The van der Waals surface area contributed by atoms with Crippen LogP contribution in [0.3, 0.4) is 0 Å². The maximum absolute atomic E-state index is 13.0. The molecule has 0 fully saturated rings. The molecule has 2 aromatic carbocycles. The topological polar surface area (TPSA) is 68.9 Å². The Labute approximate surface area is 117 Å². The van der Waals surface area contributed by atoms with Crippen molar-refractivity contribution in [3.05, 3.63) is 68.8 Å². The van der Waals surface area contributed by atoms with Gasteiger partial charge >= 0.3 is 5.69 Å². The fourth-order valence-electron chi connectivity index (χ4n) is 2.12. The monoisotopic (exact) mass is 292 g/mol. The average Bonchev–Trinajstić information content (AvgIpc) is 2.77. The molecule has 0 saturated carbocycles. The van der Waals surface area contributed by atoms with Crippen molar-refractivity contribution in [3.63, 3.8) is 0 Å². The van der Waals surface area contributed by atoms with Crippen molar-refractivity contribution in [3.8, 4) is 0 Å². The van der Waals surface area contributed by atoms with Gasteiger partial charge in [0, 0.05) is 10.6 Å². The van der Waals surface area contributed by atoms with E-state index in [1.807, 2.05) is 0 Å². The van der Waals surface area contributed by atoms with E-state index in [2.05, 4.69) is 9.97 Å². The Morgan fingerprint density at radius 2 is 1.85 bits per heavy atom. The van der Waals surface area contributed by atoms with E-state index in [9.17, 15) is 14.3 Å². The van der Waals surface area contributed by atoms with Crippen LogP contribution in [0.15, 0.2) is 41.2 Å². The first-order valence-electron chi connectivity index (χ1n) is 5.89. The molecule has 0 bridgehead atoms. The van der Waals surface area contributed by atoms with Gasteiger partial charge in [0.2, 0.25) is 0 Å². The second-order valence-electron chi connectivity index (χ2n) is 4.45. The summed E-state index contributed by atoms with van der Waals surface area (Å²) in [7, 11) is 0. The quantitative estimate of drug-likeness (QED) is 0.680. The summed E-state index contributed by atoms with van der Waals surface area (Å²) in [5, 5.41) is 10.5. The van der Waals surface area contributed by atoms with Crippen molar-refractivity contribution >= 4 is 22.6 Å². The molecule has 3 aromatic rings. The molecule has 0 saturated heterocycles. The third-order valence-corrected chi connectivity index (χ3v) is 3.44. The summed E-state index contributed by atoms with van der Waals surface area (Å²) < 4.78 is 13.0. The molecule has 6 heteroatoms. The number of aliphatic hydroxyl groups is 1. The van der Waals surface area contributed by atoms with Gasteiger partial charge in [-0.1, -0.05) is 23.7 Å². The minimum atomic E-state index is -0.995. The van der Waals surface area contributed by atoms with Crippen molar-refractivity contribution in [2.24, 2.45) is 0 Å². The molecular weight excluding hydrogens is 283 g/mol. The summed E-state index contributed by atoms with van der Waals surface area (Å²) in [6, 6.07) is 8.83. The van der Waals surface area contributed by atoms with Crippen molar-refractivity contribution in [1.29, 1.82) is 0 Å². The maximum atomic E-state index is 13.0. The third kappa shape index (κ3) is 2.21. The van der Waals surface area contributed by atoms with E-state index in [0.717, 1.165) is 6.07 Å². The number of aromatic amines is 2. The summed E-state index contributed by atoms with van der Waals surface area (Å²) in [6.45, 7) is 0. The molecule has 0 amide bonds. The Kier molecular flexibility index (Phi) is 3.08. The van der Waals surface area contributed by atoms with Gasteiger partial charge in [0.15, 0.2) is 0 Å². The number of imidazole rings is 1. The highest BCUT2D eigenvalue weighted by molar-refractivity contribution is 6.31. The Hall–Kier alpha value is -2.11. The number of halogens is 2. The number of aliphatic hydroxyl groups excluding tert-OH is 1. The van der Waals surface area contributed by atoms with Crippen LogP contribution in [0.2, 0.25) is 5.02 Å². The van der Waals surface area contributed by atoms with Crippen LogP contribution in [0, 0.1) is 5.82 Å². The van der Waals surface area contributed by atoms with Gasteiger partial charge in [-0.05, 0) is 29.8 Å². The fraction of sp³-hybridized carbons (Fsp3) is 0.0714. The van der Waals surface area contributed by atoms with Crippen LogP contribution in [-0.2, 0) is 0 Å². The van der Waals surface area contributed by atoms with Crippen LogP contribution in [0.1, 0.15) is 17.2 Å². The molecule has 3 N–H and O–H groups in total. The van der Waals surface area contributed by atoms with Crippen molar-refractivity contribution in [2.45, 2.75) is 6.10 Å². The first kappa shape index (κ1) is 12.9. The molecule has 0 aliphatic rings. The minimum Gasteiger partial charge on any atom is -0.384 e. The van der Waals surface area contributed by atoms with Gasteiger partial charge in [0.1, 0.15) is 11.9 Å². The predicted octanol–water partition coefficient (Wildman–Crippen LogP) is 2.73. The second kappa shape index (κ2) is 4.77. The van der Waals surface area contributed by atoms with E-state index in [0.29, 0.717) is 22.2 Å². The Morgan fingerprint density at radius 1 is 1.10 bits per heavy atom. The first-order valence-corrected chi connectivity index (χ1v) is 6.27. The van der Waals surface area contributed by atoms with E-state index in [1.165, 1.54) is 12.1 Å². The van der Waals surface area contributed by atoms with E-state index < -0.39 is 11.9 Å². The molecule has 102 valence electrons. The Bertz CT molecular complexity index is 841. The second-order valence-corrected chi connectivity index (χ2v) is 4.86. The number of hydrogen-bond acceptors (Lipinski definition) is 2. The molecule has 20 heavy (non-hydrogen) atoms. The summed E-state index contributed by atoms with van der Waals surface area (Å²) in [6.07, 6.45) is -0.995. The summed E-state index contributed by atoms with van der Waals surface area (Å²) >= 11 is 5.93. The lowest BCUT2D eigenvalue weighted by Crippen LogP contribution is -2.01. The number of nitrogens with one attached hydrogen (secondary N) is 2. The first-order chi connectivity index (χ1) is 9.54. The number of fused-ring (bicyclic) bond motifs is 1. The zero-order chi connectivity index (χ0) is 14.3. The molecule has 0 spiro atoms. The number of aromatic nitrogens is 2. The van der Waals surface area contributed by atoms with Crippen molar-refractivity contribution in [2.75, 3.05) is 0 Å². The standard InChI is InChI=1S/C14H10ClFN2O2/c15-10-6-8(16)2-3-9(10)13(19)7-1-4-11-12(5-7)18-14(20)17-11/h1-6,13,19H,(H2,17,18,20).